The van der Waals surface area contributed by atoms with Gasteiger partial charge in [0.25, 0.3) is 0 Å². The Labute approximate surface area is 110 Å². The summed E-state index contributed by atoms with van der Waals surface area (Å²) >= 11 is 0. The first-order valence-corrected chi connectivity index (χ1v) is 6.36. The highest BCUT2D eigenvalue weighted by molar-refractivity contribution is 6.00. The second kappa shape index (κ2) is 5.85. The second-order valence-corrected chi connectivity index (χ2v) is 5.38. The highest BCUT2D eigenvalue weighted by Gasteiger charge is 2.15. The molecule has 4 nitrogen and oxygen atoms in total. The number of Topliss-reactive ketones (excluding diaryl/α,β-unsaturated/α-hetero) is 1. The van der Waals surface area contributed by atoms with E-state index >= 15 is 0 Å². The molecule has 0 atom stereocenters. The van der Waals surface area contributed by atoms with Crippen LogP contribution in [0.1, 0.15) is 41.6 Å². The van der Waals surface area contributed by atoms with Crippen molar-refractivity contribution in [3.05, 3.63) is 23.5 Å². The van der Waals surface area contributed by atoms with E-state index in [2.05, 4.69) is 18.9 Å². The lowest BCUT2D eigenvalue weighted by Gasteiger charge is -2.11. The highest BCUT2D eigenvalue weighted by Crippen LogP contribution is 2.20. The van der Waals surface area contributed by atoms with Gasteiger partial charge in [0.1, 0.15) is 0 Å². The summed E-state index contributed by atoms with van der Waals surface area (Å²) in [5.74, 6) is 0.676. The van der Waals surface area contributed by atoms with Crippen molar-refractivity contribution >= 4 is 11.5 Å². The lowest BCUT2D eigenvalue weighted by atomic mass is 9.95. The van der Waals surface area contributed by atoms with Gasteiger partial charge in [-0.3, -0.25) is 9.48 Å². The van der Waals surface area contributed by atoms with E-state index in [9.17, 15) is 4.79 Å². The summed E-state index contributed by atoms with van der Waals surface area (Å²) < 4.78 is 1.87. The van der Waals surface area contributed by atoms with Gasteiger partial charge < -0.3 is 5.73 Å². The molecule has 0 radical (unpaired) electrons. The number of allylic oxidation sites excluding steroid dienone is 1. The van der Waals surface area contributed by atoms with Gasteiger partial charge >= 0.3 is 0 Å². The maximum atomic E-state index is 11.6. The molecule has 0 aromatic carbocycles. The molecule has 2 N–H and O–H groups in total. The zero-order valence-corrected chi connectivity index (χ0v) is 11.9. The Hall–Kier alpha value is -1.58. The molecule has 4 heteroatoms. The van der Waals surface area contributed by atoms with Crippen LogP contribution in [-0.4, -0.2) is 15.6 Å². The number of carbonyl (C=O) groups is 1. The van der Waals surface area contributed by atoms with Crippen LogP contribution in [0, 0.1) is 11.8 Å². The zero-order valence-electron chi connectivity index (χ0n) is 11.9. The van der Waals surface area contributed by atoms with Crippen LogP contribution in [0.15, 0.2) is 18.0 Å². The monoisotopic (exact) mass is 251 g/mol. The smallest absolute Gasteiger partial charge is 0.158 e. The molecule has 0 saturated carbocycles. The average molecular weight is 251 g/mol. The molecule has 1 aromatic heterocycles. The van der Waals surface area contributed by atoms with Gasteiger partial charge in [0.15, 0.2) is 5.78 Å². The number of hydrogen-bond donors (Lipinski definition) is 1. The lowest BCUT2D eigenvalue weighted by molar-refractivity contribution is -0.113. The van der Waals surface area contributed by atoms with Gasteiger partial charge in [0.05, 0.1) is 6.20 Å². The zero-order chi connectivity index (χ0) is 13.9. The van der Waals surface area contributed by atoms with Gasteiger partial charge in [-0.25, -0.2) is 0 Å². The average Bonchev–Trinajstić information content (AvgIpc) is 2.63. The molecule has 0 aliphatic carbocycles. The van der Waals surface area contributed by atoms with E-state index in [1.54, 1.807) is 13.1 Å². The predicted octanol–water partition coefficient (Wildman–Crippen LogP) is 2.70. The lowest BCUT2D eigenvalue weighted by Crippen LogP contribution is -2.12. The standard InChI is InChI=1S/C14H23N3O.H2/c1-9(2)7-17-8-12(6-16-17)14(15)13(10(3)4)11(5)18;/h6,8-10H,7,15H2,1-5H3;1H/b14-13-;. The third kappa shape index (κ3) is 3.45. The molecule has 0 aliphatic rings. The van der Waals surface area contributed by atoms with Crippen LogP contribution in [0.3, 0.4) is 0 Å². The first-order valence-electron chi connectivity index (χ1n) is 6.36. The summed E-state index contributed by atoms with van der Waals surface area (Å²) in [5.41, 5.74) is 8.15. The van der Waals surface area contributed by atoms with Gasteiger partial charge in [0.2, 0.25) is 0 Å². The van der Waals surface area contributed by atoms with Crippen molar-refractivity contribution < 1.29 is 6.22 Å². The third-order valence-corrected chi connectivity index (χ3v) is 2.74. The largest absolute Gasteiger partial charge is 0.398 e. The van der Waals surface area contributed by atoms with Crippen LogP contribution in [0.2, 0.25) is 0 Å². The van der Waals surface area contributed by atoms with E-state index in [1.807, 2.05) is 24.7 Å². The quantitative estimate of drug-likeness (QED) is 0.818. The van der Waals surface area contributed by atoms with Crippen molar-refractivity contribution in [2.75, 3.05) is 0 Å². The Morgan fingerprint density at radius 1 is 1.44 bits per heavy atom. The molecule has 0 amide bonds. The summed E-state index contributed by atoms with van der Waals surface area (Å²) in [6.45, 7) is 10.6. The number of hydrogen-bond acceptors (Lipinski definition) is 3. The van der Waals surface area contributed by atoms with Crippen molar-refractivity contribution in [3.63, 3.8) is 0 Å². The van der Waals surface area contributed by atoms with Crippen molar-refractivity contribution in [3.8, 4) is 0 Å². The minimum Gasteiger partial charge on any atom is -0.398 e. The van der Waals surface area contributed by atoms with Gasteiger partial charge in [-0.2, -0.15) is 5.10 Å². The summed E-state index contributed by atoms with van der Waals surface area (Å²) in [6.07, 6.45) is 3.63. The predicted molar refractivity (Wildman–Crippen MR) is 75.8 cm³/mol. The van der Waals surface area contributed by atoms with Crippen molar-refractivity contribution in [1.29, 1.82) is 0 Å². The molecular weight excluding hydrogens is 226 g/mol. The minimum absolute atomic E-state index is 0. The summed E-state index contributed by atoms with van der Waals surface area (Å²) in [4.78, 5) is 11.6. The van der Waals surface area contributed by atoms with Crippen LogP contribution in [0.25, 0.3) is 5.70 Å². The topological polar surface area (TPSA) is 60.9 Å². The Morgan fingerprint density at radius 3 is 2.50 bits per heavy atom. The molecular formula is C14H25N3O. The van der Waals surface area contributed by atoms with E-state index in [4.69, 9.17) is 5.73 Å². The van der Waals surface area contributed by atoms with Crippen LogP contribution in [0.4, 0.5) is 0 Å². The van der Waals surface area contributed by atoms with Crippen LogP contribution >= 0.6 is 0 Å². The van der Waals surface area contributed by atoms with Gasteiger partial charge in [-0.05, 0) is 18.8 Å². The van der Waals surface area contributed by atoms with Crippen molar-refractivity contribution in [2.45, 2.75) is 41.2 Å². The fourth-order valence-corrected chi connectivity index (χ4v) is 2.04. The molecule has 0 saturated heterocycles. The van der Waals surface area contributed by atoms with Crippen LogP contribution in [-0.2, 0) is 11.3 Å². The van der Waals surface area contributed by atoms with Crippen molar-refractivity contribution in [1.82, 2.24) is 9.78 Å². The number of ketones is 1. The minimum atomic E-state index is 0. The van der Waals surface area contributed by atoms with Crippen molar-refractivity contribution in [2.24, 2.45) is 17.6 Å². The van der Waals surface area contributed by atoms with Crippen LogP contribution in [0.5, 0.6) is 0 Å². The first-order chi connectivity index (χ1) is 8.32. The van der Waals surface area contributed by atoms with E-state index < -0.39 is 0 Å². The van der Waals surface area contributed by atoms with Gasteiger partial charge in [0, 0.05) is 31.0 Å². The second-order valence-electron chi connectivity index (χ2n) is 5.38. The van der Waals surface area contributed by atoms with E-state index in [0.29, 0.717) is 17.2 Å². The number of nitrogens with zero attached hydrogens (tertiary/aromatic N) is 2. The Kier molecular flexibility index (Phi) is 4.70. The number of aromatic nitrogens is 2. The summed E-state index contributed by atoms with van der Waals surface area (Å²) in [5, 5.41) is 4.27. The molecule has 0 bridgehead atoms. The summed E-state index contributed by atoms with van der Waals surface area (Å²) in [6, 6.07) is 0. The Bertz CT molecular complexity index is 461. The fraction of sp³-hybridized carbons (Fsp3) is 0.571. The van der Waals surface area contributed by atoms with E-state index in [-0.39, 0.29) is 13.1 Å². The molecule has 1 rings (SSSR count). The molecule has 0 spiro atoms. The molecule has 102 valence electrons. The Morgan fingerprint density at radius 2 is 2.06 bits per heavy atom. The Balaban J connectivity index is 0.00000324. The third-order valence-electron chi connectivity index (χ3n) is 2.74. The molecule has 0 fully saturated rings. The highest BCUT2D eigenvalue weighted by atomic mass is 16.1. The summed E-state index contributed by atoms with van der Waals surface area (Å²) in [7, 11) is 0. The molecule has 0 unspecified atom stereocenters. The number of nitrogens with two attached hydrogens (primary N) is 1. The maximum absolute atomic E-state index is 11.6. The molecule has 1 heterocycles. The molecule has 0 aliphatic heterocycles. The number of rotatable bonds is 5. The normalized spacial score (nSPS) is 13.1. The fourth-order valence-electron chi connectivity index (χ4n) is 2.04. The van der Waals surface area contributed by atoms with E-state index in [0.717, 1.165) is 12.1 Å². The van der Waals surface area contributed by atoms with Crippen LogP contribution < -0.4 is 5.73 Å². The molecule has 18 heavy (non-hydrogen) atoms. The first kappa shape index (κ1) is 14.5. The van der Waals surface area contributed by atoms with Gasteiger partial charge in [-0.15, -0.1) is 0 Å². The molecule has 1 aromatic rings. The van der Waals surface area contributed by atoms with Gasteiger partial charge in [-0.1, -0.05) is 27.7 Å². The number of carbonyl (C=O) groups excluding carboxylic acids is 1. The van der Waals surface area contributed by atoms with E-state index in [1.165, 1.54) is 0 Å². The SMILES string of the molecule is CC(=O)/C(=C(\N)c1cnn(CC(C)C)c1)C(C)C.[HH]. The maximum Gasteiger partial charge on any atom is 0.158 e.